The number of aryl methyl sites for hydroxylation is 1. The number of nitrogens with zero attached hydrogens (tertiary/aromatic N) is 3. The number of methoxy groups -OCH3 is 2. The molecule has 0 radical (unpaired) electrons. The van der Waals surface area contributed by atoms with Crippen LogP contribution in [0.2, 0.25) is 0 Å². The Morgan fingerprint density at radius 1 is 1.25 bits per heavy atom. The molecule has 110 valence electrons. The summed E-state index contributed by atoms with van der Waals surface area (Å²) in [5.74, 6) is -1.99. The molecule has 0 fully saturated rings. The van der Waals surface area contributed by atoms with Crippen LogP contribution in [0.3, 0.4) is 0 Å². The number of aromatic nitrogens is 2. The molecule has 0 aliphatic heterocycles. The summed E-state index contributed by atoms with van der Waals surface area (Å²) >= 11 is 0. The van der Waals surface area contributed by atoms with E-state index in [0.29, 0.717) is 0 Å². The maximum atomic E-state index is 12.2. The standard InChI is InChI=1S/C11H16N4O5/c1-14-4-7(12)10(13-14)11(18)15(5-8(16)19-2)6-9(17)20-3/h4H,5-6,12H2,1-3H3. The Bertz CT molecular complexity index is 507. The van der Waals surface area contributed by atoms with Crippen molar-refractivity contribution in [2.24, 2.45) is 7.05 Å². The number of hydrogen-bond acceptors (Lipinski definition) is 7. The highest BCUT2D eigenvalue weighted by molar-refractivity contribution is 5.99. The SMILES string of the molecule is COC(=O)CN(CC(=O)OC)C(=O)c1nn(C)cc1N. The van der Waals surface area contributed by atoms with Crippen molar-refractivity contribution >= 4 is 23.5 Å². The minimum absolute atomic E-state index is 0.0414. The average molecular weight is 284 g/mol. The van der Waals surface area contributed by atoms with Gasteiger partial charge < -0.3 is 20.1 Å². The number of nitrogens with two attached hydrogens (primary N) is 1. The molecule has 0 aliphatic rings. The van der Waals surface area contributed by atoms with Gasteiger partial charge in [0.1, 0.15) is 13.1 Å². The van der Waals surface area contributed by atoms with Crippen LogP contribution in [-0.4, -0.2) is 59.8 Å². The fraction of sp³-hybridized carbons (Fsp3) is 0.455. The van der Waals surface area contributed by atoms with E-state index in [1.165, 1.54) is 25.1 Å². The first-order chi connectivity index (χ1) is 9.38. The Hall–Kier alpha value is -2.58. The van der Waals surface area contributed by atoms with Crippen molar-refractivity contribution in [2.75, 3.05) is 33.0 Å². The van der Waals surface area contributed by atoms with Crippen molar-refractivity contribution in [3.63, 3.8) is 0 Å². The molecule has 0 spiro atoms. The molecule has 1 amide bonds. The van der Waals surface area contributed by atoms with Crippen LogP contribution in [0, 0.1) is 0 Å². The van der Waals surface area contributed by atoms with Gasteiger partial charge in [0.15, 0.2) is 5.69 Å². The van der Waals surface area contributed by atoms with Crippen molar-refractivity contribution in [2.45, 2.75) is 0 Å². The van der Waals surface area contributed by atoms with Gasteiger partial charge in [0.05, 0.1) is 19.9 Å². The van der Waals surface area contributed by atoms with Crippen molar-refractivity contribution in [3.8, 4) is 0 Å². The molecule has 9 heteroatoms. The first kappa shape index (κ1) is 15.5. The van der Waals surface area contributed by atoms with Crippen LogP contribution in [-0.2, 0) is 26.1 Å². The van der Waals surface area contributed by atoms with E-state index in [9.17, 15) is 14.4 Å². The van der Waals surface area contributed by atoms with E-state index in [1.807, 2.05) is 0 Å². The van der Waals surface area contributed by atoms with Gasteiger partial charge in [0.25, 0.3) is 5.91 Å². The maximum absolute atomic E-state index is 12.2. The van der Waals surface area contributed by atoms with Crippen LogP contribution in [0.5, 0.6) is 0 Å². The van der Waals surface area contributed by atoms with E-state index in [-0.39, 0.29) is 11.4 Å². The summed E-state index contributed by atoms with van der Waals surface area (Å²) in [6, 6.07) is 0. The fourth-order valence-electron chi connectivity index (χ4n) is 1.46. The number of anilines is 1. The summed E-state index contributed by atoms with van der Waals surface area (Å²) in [5.41, 5.74) is 5.75. The molecular weight excluding hydrogens is 268 g/mol. The second kappa shape index (κ2) is 6.55. The lowest BCUT2D eigenvalue weighted by molar-refractivity contribution is -0.144. The van der Waals surface area contributed by atoms with Crippen molar-refractivity contribution in [1.82, 2.24) is 14.7 Å². The highest BCUT2D eigenvalue weighted by Crippen LogP contribution is 2.11. The molecule has 0 atom stereocenters. The van der Waals surface area contributed by atoms with Crippen LogP contribution in [0.1, 0.15) is 10.5 Å². The van der Waals surface area contributed by atoms with Gasteiger partial charge in [-0.15, -0.1) is 0 Å². The molecule has 0 aromatic carbocycles. The van der Waals surface area contributed by atoms with Crippen LogP contribution in [0.25, 0.3) is 0 Å². The molecular formula is C11H16N4O5. The molecule has 20 heavy (non-hydrogen) atoms. The van der Waals surface area contributed by atoms with Crippen LogP contribution in [0.15, 0.2) is 6.20 Å². The van der Waals surface area contributed by atoms with Gasteiger partial charge in [-0.2, -0.15) is 5.10 Å². The zero-order chi connectivity index (χ0) is 15.3. The lowest BCUT2D eigenvalue weighted by atomic mass is 10.3. The van der Waals surface area contributed by atoms with Crippen molar-refractivity contribution in [3.05, 3.63) is 11.9 Å². The third-order valence-electron chi connectivity index (χ3n) is 2.44. The molecule has 2 N–H and O–H groups in total. The number of hydrogen-bond donors (Lipinski definition) is 1. The summed E-state index contributed by atoms with van der Waals surface area (Å²) in [6.45, 7) is -0.805. The molecule has 9 nitrogen and oxygen atoms in total. The Balaban J connectivity index is 2.96. The predicted molar refractivity (Wildman–Crippen MR) is 67.6 cm³/mol. The first-order valence-corrected chi connectivity index (χ1v) is 5.61. The third kappa shape index (κ3) is 3.70. The monoisotopic (exact) mass is 284 g/mol. The van der Waals surface area contributed by atoms with Gasteiger partial charge >= 0.3 is 11.9 Å². The van der Waals surface area contributed by atoms with Crippen molar-refractivity contribution < 1.29 is 23.9 Å². The topological polar surface area (TPSA) is 117 Å². The number of carbonyl (C=O) groups excluding carboxylic acids is 3. The molecule has 0 saturated carbocycles. The average Bonchev–Trinajstić information content (AvgIpc) is 2.75. The van der Waals surface area contributed by atoms with Gasteiger partial charge in [0, 0.05) is 13.2 Å². The minimum atomic E-state index is -0.670. The lowest BCUT2D eigenvalue weighted by Gasteiger charge is -2.19. The van der Waals surface area contributed by atoms with Gasteiger partial charge in [-0.05, 0) is 0 Å². The molecule has 1 aromatic rings. The summed E-state index contributed by atoms with van der Waals surface area (Å²) in [5, 5.41) is 3.89. The van der Waals surface area contributed by atoms with E-state index in [0.717, 1.165) is 4.90 Å². The molecule has 1 heterocycles. The zero-order valence-corrected chi connectivity index (χ0v) is 11.5. The molecule has 0 bridgehead atoms. The number of carbonyl (C=O) groups is 3. The van der Waals surface area contributed by atoms with Crippen LogP contribution in [0.4, 0.5) is 5.69 Å². The van der Waals surface area contributed by atoms with E-state index in [4.69, 9.17) is 5.73 Å². The number of esters is 2. The fourth-order valence-corrected chi connectivity index (χ4v) is 1.46. The van der Waals surface area contributed by atoms with Gasteiger partial charge in [-0.25, -0.2) is 0 Å². The van der Waals surface area contributed by atoms with E-state index in [1.54, 1.807) is 7.05 Å². The smallest absolute Gasteiger partial charge is 0.325 e. The molecule has 0 unspecified atom stereocenters. The molecule has 1 rings (SSSR count). The van der Waals surface area contributed by atoms with Gasteiger partial charge in [-0.3, -0.25) is 19.1 Å². The Labute approximate surface area is 115 Å². The highest BCUT2D eigenvalue weighted by atomic mass is 16.5. The number of nitrogen functional groups attached to an aromatic ring is 1. The molecule has 0 saturated heterocycles. The summed E-state index contributed by atoms with van der Waals surface area (Å²) in [6.07, 6.45) is 1.45. The number of ether oxygens (including phenoxy) is 2. The molecule has 0 aliphatic carbocycles. The predicted octanol–water partition coefficient (Wildman–Crippen LogP) is -1.21. The van der Waals surface area contributed by atoms with E-state index < -0.39 is 30.9 Å². The third-order valence-corrected chi connectivity index (χ3v) is 2.44. The van der Waals surface area contributed by atoms with Gasteiger partial charge in [0.2, 0.25) is 0 Å². The Kier molecular flexibility index (Phi) is 5.07. The van der Waals surface area contributed by atoms with Crippen LogP contribution >= 0.6 is 0 Å². The largest absolute Gasteiger partial charge is 0.468 e. The Morgan fingerprint density at radius 2 is 1.75 bits per heavy atom. The van der Waals surface area contributed by atoms with Crippen LogP contribution < -0.4 is 5.73 Å². The second-order valence-corrected chi connectivity index (χ2v) is 3.92. The second-order valence-electron chi connectivity index (χ2n) is 3.92. The minimum Gasteiger partial charge on any atom is -0.468 e. The quantitative estimate of drug-likeness (QED) is 0.674. The van der Waals surface area contributed by atoms with E-state index >= 15 is 0 Å². The number of rotatable bonds is 5. The highest BCUT2D eigenvalue weighted by Gasteiger charge is 2.25. The molecule has 1 aromatic heterocycles. The Morgan fingerprint density at radius 3 is 2.10 bits per heavy atom. The summed E-state index contributed by atoms with van der Waals surface area (Å²) < 4.78 is 10.3. The zero-order valence-electron chi connectivity index (χ0n) is 11.5. The normalized spacial score (nSPS) is 9.95. The van der Waals surface area contributed by atoms with Gasteiger partial charge in [-0.1, -0.05) is 0 Å². The summed E-state index contributed by atoms with van der Waals surface area (Å²) in [7, 11) is 3.95. The van der Waals surface area contributed by atoms with E-state index in [2.05, 4.69) is 14.6 Å². The number of amides is 1. The lowest BCUT2D eigenvalue weighted by Crippen LogP contribution is -2.40. The first-order valence-electron chi connectivity index (χ1n) is 5.61. The maximum Gasteiger partial charge on any atom is 0.325 e. The van der Waals surface area contributed by atoms with Crippen molar-refractivity contribution in [1.29, 1.82) is 0 Å². The summed E-state index contributed by atoms with van der Waals surface area (Å²) in [4.78, 5) is 35.8.